The summed E-state index contributed by atoms with van der Waals surface area (Å²) in [4.78, 5) is 15.2. The van der Waals surface area contributed by atoms with Crippen LogP contribution in [0.4, 0.5) is 4.79 Å². The minimum absolute atomic E-state index is 0.0871. The number of amides is 2. The number of urea groups is 1. The van der Waals surface area contributed by atoms with E-state index in [-0.39, 0.29) is 12.1 Å². The molecule has 0 saturated heterocycles. The summed E-state index contributed by atoms with van der Waals surface area (Å²) in [6.07, 6.45) is 2.84. The van der Waals surface area contributed by atoms with Crippen molar-refractivity contribution in [2.45, 2.75) is 25.9 Å². The Balaban J connectivity index is 1.70. The van der Waals surface area contributed by atoms with E-state index in [4.69, 9.17) is 16.3 Å². The van der Waals surface area contributed by atoms with Crippen molar-refractivity contribution >= 4 is 17.6 Å². The summed E-state index contributed by atoms with van der Waals surface area (Å²) >= 11 is 6.13. The standard InChI is InChI=1S/C24H26ClN3O2/c1-2-30-16-6-14-26-24(29)28-17-19-7-3-4-8-21(19)27-15-5-9-22(27)23(28)18-10-12-20(25)13-11-18/h3-5,7-13,15,23H,2,6,14,16-17H2,1H3,(H,26,29)/t23-/m1/s1. The number of hydrogen-bond acceptors (Lipinski definition) is 2. The zero-order chi connectivity index (χ0) is 20.9. The molecule has 0 bridgehead atoms. The number of fused-ring (bicyclic) bond motifs is 3. The molecule has 3 aromatic rings. The smallest absolute Gasteiger partial charge is 0.318 e. The Kier molecular flexibility index (Phi) is 6.41. The minimum Gasteiger partial charge on any atom is -0.382 e. The fourth-order valence-corrected chi connectivity index (χ4v) is 4.08. The number of nitrogens with one attached hydrogen (secondary N) is 1. The summed E-state index contributed by atoms with van der Waals surface area (Å²) in [5.74, 6) is 0. The first-order chi connectivity index (χ1) is 14.7. The number of para-hydroxylation sites is 1. The van der Waals surface area contributed by atoms with Gasteiger partial charge in [0.1, 0.15) is 0 Å². The molecule has 30 heavy (non-hydrogen) atoms. The largest absolute Gasteiger partial charge is 0.382 e. The van der Waals surface area contributed by atoms with Crippen molar-refractivity contribution in [1.29, 1.82) is 0 Å². The third-order valence-electron chi connectivity index (χ3n) is 5.36. The van der Waals surface area contributed by atoms with E-state index >= 15 is 0 Å². The summed E-state index contributed by atoms with van der Waals surface area (Å²) < 4.78 is 7.56. The van der Waals surface area contributed by atoms with Gasteiger partial charge in [0.15, 0.2) is 0 Å². The number of carbonyl (C=O) groups is 1. The predicted molar refractivity (Wildman–Crippen MR) is 119 cm³/mol. The monoisotopic (exact) mass is 423 g/mol. The highest BCUT2D eigenvalue weighted by Crippen LogP contribution is 2.36. The highest BCUT2D eigenvalue weighted by atomic mass is 35.5. The van der Waals surface area contributed by atoms with Crippen LogP contribution in [0.3, 0.4) is 0 Å². The van der Waals surface area contributed by atoms with Gasteiger partial charge in [0, 0.05) is 36.7 Å². The van der Waals surface area contributed by atoms with Crippen LogP contribution in [0.25, 0.3) is 5.69 Å². The lowest BCUT2D eigenvalue weighted by atomic mass is 10.0. The van der Waals surface area contributed by atoms with Crippen LogP contribution in [-0.4, -0.2) is 35.3 Å². The van der Waals surface area contributed by atoms with E-state index in [9.17, 15) is 4.79 Å². The Hall–Kier alpha value is -2.76. The topological polar surface area (TPSA) is 46.5 Å². The minimum atomic E-state index is -0.225. The van der Waals surface area contributed by atoms with Crippen LogP contribution in [0.5, 0.6) is 0 Å². The van der Waals surface area contributed by atoms with Gasteiger partial charge in [0.05, 0.1) is 18.3 Å². The number of hydrogen-bond donors (Lipinski definition) is 1. The van der Waals surface area contributed by atoms with Crippen LogP contribution in [0.1, 0.15) is 36.2 Å². The number of halogens is 1. The third kappa shape index (κ3) is 4.23. The number of carbonyl (C=O) groups excluding carboxylic acids is 1. The van der Waals surface area contributed by atoms with Crippen molar-refractivity contribution in [2.24, 2.45) is 0 Å². The van der Waals surface area contributed by atoms with Gasteiger partial charge in [-0.1, -0.05) is 41.9 Å². The van der Waals surface area contributed by atoms with Crippen molar-refractivity contribution in [1.82, 2.24) is 14.8 Å². The number of nitrogens with zero attached hydrogens (tertiary/aromatic N) is 2. The van der Waals surface area contributed by atoms with Crippen molar-refractivity contribution < 1.29 is 9.53 Å². The number of ether oxygens (including phenoxy) is 1. The maximum atomic E-state index is 13.3. The SMILES string of the molecule is CCOCCCNC(=O)N1Cc2ccccc2-n2cccc2[C@H]1c1ccc(Cl)cc1. The quantitative estimate of drug-likeness (QED) is 0.556. The summed E-state index contributed by atoms with van der Waals surface area (Å²) in [7, 11) is 0. The molecular formula is C24H26ClN3O2. The number of benzene rings is 2. The Morgan fingerprint density at radius 2 is 1.93 bits per heavy atom. The van der Waals surface area contributed by atoms with E-state index in [2.05, 4.69) is 34.3 Å². The second-order valence-electron chi connectivity index (χ2n) is 7.30. The summed E-state index contributed by atoms with van der Waals surface area (Å²) in [5.41, 5.74) is 4.28. The molecule has 0 saturated carbocycles. The van der Waals surface area contributed by atoms with Gasteiger partial charge in [-0.15, -0.1) is 0 Å². The lowest BCUT2D eigenvalue weighted by molar-refractivity contribution is 0.143. The van der Waals surface area contributed by atoms with Gasteiger partial charge < -0.3 is 19.5 Å². The second kappa shape index (κ2) is 9.37. The molecule has 1 N–H and O–H groups in total. The summed E-state index contributed by atoms with van der Waals surface area (Å²) in [6.45, 7) is 4.39. The zero-order valence-electron chi connectivity index (χ0n) is 17.1. The van der Waals surface area contributed by atoms with Crippen molar-refractivity contribution in [3.05, 3.63) is 88.7 Å². The van der Waals surface area contributed by atoms with E-state index in [1.54, 1.807) is 0 Å². The Morgan fingerprint density at radius 3 is 2.73 bits per heavy atom. The molecule has 2 heterocycles. The first-order valence-corrected chi connectivity index (χ1v) is 10.7. The van der Waals surface area contributed by atoms with Crippen LogP contribution < -0.4 is 5.32 Å². The molecule has 1 aliphatic rings. The van der Waals surface area contributed by atoms with Crippen LogP contribution in [0.15, 0.2) is 66.9 Å². The maximum Gasteiger partial charge on any atom is 0.318 e. The summed E-state index contributed by atoms with van der Waals surface area (Å²) in [5, 5.41) is 3.75. The molecule has 5 nitrogen and oxygen atoms in total. The van der Waals surface area contributed by atoms with Gasteiger partial charge in [-0.2, -0.15) is 0 Å². The fourth-order valence-electron chi connectivity index (χ4n) is 3.95. The molecule has 2 aromatic carbocycles. The van der Waals surface area contributed by atoms with Crippen molar-refractivity contribution in [3.63, 3.8) is 0 Å². The van der Waals surface area contributed by atoms with Gasteiger partial charge >= 0.3 is 6.03 Å². The van der Waals surface area contributed by atoms with E-state index in [1.807, 2.05) is 54.3 Å². The first-order valence-electron chi connectivity index (χ1n) is 10.3. The molecule has 4 rings (SSSR count). The molecule has 0 fully saturated rings. The zero-order valence-corrected chi connectivity index (χ0v) is 17.8. The summed E-state index contributed by atoms with van der Waals surface area (Å²) in [6, 6.07) is 19.8. The average Bonchev–Trinajstić information content (AvgIpc) is 3.19. The van der Waals surface area contributed by atoms with Crippen LogP contribution >= 0.6 is 11.6 Å². The molecule has 0 spiro atoms. The van der Waals surface area contributed by atoms with Gasteiger partial charge in [-0.3, -0.25) is 0 Å². The second-order valence-corrected chi connectivity index (χ2v) is 7.73. The lowest BCUT2D eigenvalue weighted by Gasteiger charge is -2.31. The van der Waals surface area contributed by atoms with E-state index < -0.39 is 0 Å². The fraction of sp³-hybridized carbons (Fsp3) is 0.292. The molecule has 0 unspecified atom stereocenters. The highest BCUT2D eigenvalue weighted by molar-refractivity contribution is 6.30. The predicted octanol–water partition coefficient (Wildman–Crippen LogP) is 5.17. The van der Waals surface area contributed by atoms with Gasteiger partial charge in [-0.05, 0) is 54.8 Å². The molecule has 0 radical (unpaired) electrons. The molecule has 6 heteroatoms. The number of aromatic nitrogens is 1. The Morgan fingerprint density at radius 1 is 1.13 bits per heavy atom. The average molecular weight is 424 g/mol. The molecule has 156 valence electrons. The van der Waals surface area contributed by atoms with Crippen LogP contribution in [0, 0.1) is 0 Å². The van der Waals surface area contributed by atoms with Crippen LogP contribution in [-0.2, 0) is 11.3 Å². The molecule has 2 amide bonds. The van der Waals surface area contributed by atoms with Gasteiger partial charge in [0.2, 0.25) is 0 Å². The van der Waals surface area contributed by atoms with Crippen LogP contribution in [0.2, 0.25) is 5.02 Å². The van der Waals surface area contributed by atoms with Crippen molar-refractivity contribution in [2.75, 3.05) is 19.8 Å². The lowest BCUT2D eigenvalue weighted by Crippen LogP contribution is -2.42. The molecule has 1 atom stereocenters. The maximum absolute atomic E-state index is 13.3. The Bertz CT molecular complexity index is 1000. The van der Waals surface area contributed by atoms with Gasteiger partial charge in [0.25, 0.3) is 0 Å². The van der Waals surface area contributed by atoms with E-state index in [0.29, 0.717) is 31.3 Å². The third-order valence-corrected chi connectivity index (χ3v) is 5.61. The van der Waals surface area contributed by atoms with Gasteiger partial charge in [-0.25, -0.2) is 4.79 Å². The molecule has 1 aromatic heterocycles. The highest BCUT2D eigenvalue weighted by Gasteiger charge is 2.32. The number of rotatable bonds is 6. The molecular weight excluding hydrogens is 398 g/mol. The molecule has 0 aliphatic carbocycles. The van der Waals surface area contributed by atoms with E-state index in [1.165, 1.54) is 0 Å². The normalized spacial score (nSPS) is 15.3. The molecule has 1 aliphatic heterocycles. The first kappa shape index (κ1) is 20.5. The van der Waals surface area contributed by atoms with Crippen molar-refractivity contribution in [3.8, 4) is 5.69 Å². The van der Waals surface area contributed by atoms with E-state index in [0.717, 1.165) is 28.9 Å². The Labute approximate surface area is 182 Å².